The lowest BCUT2D eigenvalue weighted by molar-refractivity contribution is -0.139. The van der Waals surface area contributed by atoms with Crippen LogP contribution in [0.4, 0.5) is 0 Å². The van der Waals surface area contributed by atoms with Gasteiger partial charge in [0.2, 0.25) is 11.8 Å². The molecular formula is C17H22N2O5. The molecule has 1 saturated heterocycles. The zero-order valence-corrected chi connectivity index (χ0v) is 13.7. The molecule has 1 atom stereocenters. The topological polar surface area (TPSA) is 95.9 Å². The SMILES string of the molecule is CN1CCC(C(=O)NCCc2ccc(OCC(=O)O)cc2)CC1=O. The Bertz CT molecular complexity index is 600. The number of hydrogen-bond donors (Lipinski definition) is 2. The molecule has 1 aromatic rings. The first-order valence-corrected chi connectivity index (χ1v) is 7.91. The summed E-state index contributed by atoms with van der Waals surface area (Å²) in [5, 5.41) is 11.4. The van der Waals surface area contributed by atoms with Crippen molar-refractivity contribution in [1.29, 1.82) is 0 Å². The van der Waals surface area contributed by atoms with Crippen LogP contribution in [0.2, 0.25) is 0 Å². The third-order valence-corrected chi connectivity index (χ3v) is 4.03. The third-order valence-electron chi connectivity index (χ3n) is 4.03. The minimum Gasteiger partial charge on any atom is -0.482 e. The lowest BCUT2D eigenvalue weighted by Crippen LogP contribution is -2.42. The number of likely N-dealkylation sites (tertiary alicyclic amines) is 1. The fourth-order valence-electron chi connectivity index (χ4n) is 2.54. The molecule has 0 saturated carbocycles. The Balaban J connectivity index is 1.72. The number of piperidine rings is 1. The summed E-state index contributed by atoms with van der Waals surface area (Å²) in [7, 11) is 1.75. The molecule has 0 aromatic heterocycles. The molecule has 1 unspecified atom stereocenters. The number of amides is 2. The van der Waals surface area contributed by atoms with Crippen molar-refractivity contribution in [2.24, 2.45) is 5.92 Å². The van der Waals surface area contributed by atoms with Crippen LogP contribution < -0.4 is 10.1 Å². The summed E-state index contributed by atoms with van der Waals surface area (Å²) in [4.78, 5) is 35.8. The summed E-state index contributed by atoms with van der Waals surface area (Å²) in [6.07, 6.45) is 1.63. The summed E-state index contributed by atoms with van der Waals surface area (Å²) in [5.41, 5.74) is 1.01. The summed E-state index contributed by atoms with van der Waals surface area (Å²) in [6.45, 7) is 0.744. The van der Waals surface area contributed by atoms with Crippen molar-refractivity contribution in [3.05, 3.63) is 29.8 Å². The molecule has 2 N–H and O–H groups in total. The van der Waals surface area contributed by atoms with Crippen LogP contribution >= 0.6 is 0 Å². The van der Waals surface area contributed by atoms with Gasteiger partial charge >= 0.3 is 5.97 Å². The van der Waals surface area contributed by atoms with E-state index in [1.165, 1.54) is 0 Å². The van der Waals surface area contributed by atoms with E-state index in [-0.39, 0.29) is 30.8 Å². The van der Waals surface area contributed by atoms with E-state index in [0.29, 0.717) is 31.7 Å². The Morgan fingerprint density at radius 1 is 1.33 bits per heavy atom. The van der Waals surface area contributed by atoms with Gasteiger partial charge in [0.05, 0.1) is 0 Å². The molecule has 7 heteroatoms. The van der Waals surface area contributed by atoms with Gasteiger partial charge in [0.25, 0.3) is 0 Å². The zero-order chi connectivity index (χ0) is 17.5. The van der Waals surface area contributed by atoms with E-state index in [1.54, 1.807) is 24.1 Å². The Labute approximate surface area is 140 Å². The predicted octanol–water partition coefficient (Wildman–Crippen LogP) is 0.677. The van der Waals surface area contributed by atoms with Crippen molar-refractivity contribution in [3.63, 3.8) is 0 Å². The van der Waals surface area contributed by atoms with E-state index in [1.807, 2.05) is 12.1 Å². The Hall–Kier alpha value is -2.57. The quantitative estimate of drug-likeness (QED) is 0.764. The molecule has 0 aliphatic carbocycles. The highest BCUT2D eigenvalue weighted by molar-refractivity contribution is 5.86. The van der Waals surface area contributed by atoms with Gasteiger partial charge in [0.1, 0.15) is 5.75 Å². The molecule has 7 nitrogen and oxygen atoms in total. The summed E-state index contributed by atoms with van der Waals surface area (Å²) in [6, 6.07) is 7.08. The van der Waals surface area contributed by atoms with Crippen LogP contribution in [0.3, 0.4) is 0 Å². The Morgan fingerprint density at radius 3 is 2.67 bits per heavy atom. The van der Waals surface area contributed by atoms with Crippen molar-refractivity contribution in [2.45, 2.75) is 19.3 Å². The molecule has 2 amide bonds. The van der Waals surface area contributed by atoms with E-state index in [0.717, 1.165) is 5.56 Å². The molecule has 130 valence electrons. The largest absolute Gasteiger partial charge is 0.482 e. The van der Waals surface area contributed by atoms with Gasteiger partial charge in [-0.1, -0.05) is 12.1 Å². The molecule has 1 heterocycles. The molecule has 1 fully saturated rings. The maximum atomic E-state index is 12.1. The molecule has 1 aromatic carbocycles. The molecule has 24 heavy (non-hydrogen) atoms. The van der Waals surface area contributed by atoms with E-state index >= 15 is 0 Å². The van der Waals surface area contributed by atoms with Crippen LogP contribution in [0.5, 0.6) is 5.75 Å². The average molecular weight is 334 g/mol. The summed E-state index contributed by atoms with van der Waals surface area (Å²) in [5.74, 6) is -0.819. The third kappa shape index (κ3) is 5.26. The molecule has 0 radical (unpaired) electrons. The highest BCUT2D eigenvalue weighted by Gasteiger charge is 2.28. The number of carboxylic acid groups (broad SMARTS) is 1. The highest BCUT2D eigenvalue weighted by atomic mass is 16.5. The van der Waals surface area contributed by atoms with Gasteiger partial charge in [-0.05, 0) is 30.5 Å². The fraction of sp³-hybridized carbons (Fsp3) is 0.471. The van der Waals surface area contributed by atoms with Crippen molar-refractivity contribution < 1.29 is 24.2 Å². The van der Waals surface area contributed by atoms with Gasteiger partial charge < -0.3 is 20.1 Å². The van der Waals surface area contributed by atoms with Crippen LogP contribution in [0.15, 0.2) is 24.3 Å². The number of nitrogens with one attached hydrogen (secondary N) is 1. The average Bonchev–Trinajstić information content (AvgIpc) is 2.56. The van der Waals surface area contributed by atoms with Gasteiger partial charge in [-0.3, -0.25) is 9.59 Å². The maximum absolute atomic E-state index is 12.1. The van der Waals surface area contributed by atoms with Crippen LogP contribution in [0.25, 0.3) is 0 Å². The molecule has 0 bridgehead atoms. The van der Waals surface area contributed by atoms with Crippen molar-refractivity contribution in [1.82, 2.24) is 10.2 Å². The molecule has 1 aliphatic rings. The molecule has 2 rings (SSSR count). The van der Waals surface area contributed by atoms with Crippen molar-refractivity contribution in [2.75, 3.05) is 26.7 Å². The zero-order valence-electron chi connectivity index (χ0n) is 13.7. The number of benzene rings is 1. The van der Waals surface area contributed by atoms with E-state index in [2.05, 4.69) is 5.32 Å². The first-order valence-electron chi connectivity index (χ1n) is 7.91. The standard InChI is InChI=1S/C17H22N2O5/c1-19-9-7-13(10-15(19)20)17(23)18-8-6-12-2-4-14(5-3-12)24-11-16(21)22/h2-5,13H,6-11H2,1H3,(H,18,23)(H,21,22). The smallest absolute Gasteiger partial charge is 0.341 e. The number of carboxylic acids is 1. The van der Waals surface area contributed by atoms with Crippen LogP contribution in [0.1, 0.15) is 18.4 Å². The van der Waals surface area contributed by atoms with Crippen LogP contribution in [0, 0.1) is 5.92 Å². The minimum absolute atomic E-state index is 0.0124. The lowest BCUT2D eigenvalue weighted by Gasteiger charge is -2.27. The number of ether oxygens (including phenoxy) is 1. The maximum Gasteiger partial charge on any atom is 0.341 e. The highest BCUT2D eigenvalue weighted by Crippen LogP contribution is 2.17. The number of rotatable bonds is 7. The number of carbonyl (C=O) groups excluding carboxylic acids is 2. The van der Waals surface area contributed by atoms with Gasteiger partial charge in [0.15, 0.2) is 6.61 Å². The van der Waals surface area contributed by atoms with E-state index in [9.17, 15) is 14.4 Å². The van der Waals surface area contributed by atoms with Crippen molar-refractivity contribution in [3.8, 4) is 5.75 Å². The predicted molar refractivity (Wildman–Crippen MR) is 86.6 cm³/mol. The Morgan fingerprint density at radius 2 is 2.04 bits per heavy atom. The normalized spacial score (nSPS) is 17.5. The first kappa shape index (κ1) is 17.8. The summed E-state index contributed by atoms with van der Waals surface area (Å²) < 4.78 is 5.06. The van der Waals surface area contributed by atoms with Crippen LogP contribution in [-0.2, 0) is 20.8 Å². The lowest BCUT2D eigenvalue weighted by atomic mass is 9.95. The number of nitrogens with zero attached hydrogens (tertiary/aromatic N) is 1. The summed E-state index contributed by atoms with van der Waals surface area (Å²) >= 11 is 0. The first-order chi connectivity index (χ1) is 11.5. The van der Waals surface area contributed by atoms with Crippen molar-refractivity contribution >= 4 is 17.8 Å². The molecule has 0 spiro atoms. The minimum atomic E-state index is -1.02. The van der Waals surface area contributed by atoms with Gasteiger partial charge in [-0.2, -0.15) is 0 Å². The molecule has 1 aliphatic heterocycles. The van der Waals surface area contributed by atoms with E-state index < -0.39 is 5.97 Å². The van der Waals surface area contributed by atoms with Gasteiger partial charge in [-0.25, -0.2) is 4.79 Å². The monoisotopic (exact) mass is 334 g/mol. The fourth-order valence-corrected chi connectivity index (χ4v) is 2.54. The number of carbonyl (C=O) groups is 3. The van der Waals surface area contributed by atoms with Crippen LogP contribution in [-0.4, -0.2) is 54.5 Å². The number of aliphatic carboxylic acids is 1. The van der Waals surface area contributed by atoms with Gasteiger partial charge in [-0.15, -0.1) is 0 Å². The molecular weight excluding hydrogens is 312 g/mol. The second kappa shape index (κ2) is 8.33. The second-order valence-corrected chi connectivity index (χ2v) is 5.87. The number of hydrogen-bond acceptors (Lipinski definition) is 4. The second-order valence-electron chi connectivity index (χ2n) is 5.87. The van der Waals surface area contributed by atoms with E-state index in [4.69, 9.17) is 9.84 Å². The van der Waals surface area contributed by atoms with Gasteiger partial charge in [0, 0.05) is 32.5 Å². The Kier molecular flexibility index (Phi) is 6.17.